The molecule has 0 unspecified atom stereocenters. The third-order valence-electron chi connectivity index (χ3n) is 3.08. The molecule has 1 heterocycles. The molecule has 0 fully saturated rings. The Bertz CT molecular complexity index is 578. The first kappa shape index (κ1) is 15.0. The second-order valence-corrected chi connectivity index (χ2v) is 4.89. The normalized spacial score (nSPS) is 10.5. The van der Waals surface area contributed by atoms with Crippen LogP contribution in [0.5, 0.6) is 5.75 Å². The van der Waals surface area contributed by atoms with Crippen molar-refractivity contribution < 1.29 is 14.6 Å². The van der Waals surface area contributed by atoms with Crippen molar-refractivity contribution in [2.75, 3.05) is 6.61 Å². The van der Waals surface area contributed by atoms with E-state index in [2.05, 4.69) is 10.3 Å². The third-order valence-corrected chi connectivity index (χ3v) is 3.08. The van der Waals surface area contributed by atoms with Crippen LogP contribution in [0.4, 0.5) is 0 Å². The molecule has 6 heteroatoms. The molecule has 0 aliphatic heterocycles. The Morgan fingerprint density at radius 3 is 2.76 bits per heavy atom. The molecule has 2 rings (SSSR count). The summed E-state index contributed by atoms with van der Waals surface area (Å²) >= 11 is 0. The second-order valence-electron chi connectivity index (χ2n) is 4.89. The topological polar surface area (TPSA) is 77.2 Å². The van der Waals surface area contributed by atoms with Crippen LogP contribution < -0.4 is 4.74 Å². The number of aryl methyl sites for hydroxylation is 2. The van der Waals surface area contributed by atoms with Crippen molar-refractivity contribution in [2.45, 2.75) is 32.7 Å². The van der Waals surface area contributed by atoms with E-state index in [0.29, 0.717) is 18.8 Å². The van der Waals surface area contributed by atoms with Gasteiger partial charge >= 0.3 is 5.97 Å². The fourth-order valence-corrected chi connectivity index (χ4v) is 1.95. The van der Waals surface area contributed by atoms with Gasteiger partial charge in [0.15, 0.2) is 0 Å². The molecule has 0 atom stereocenters. The van der Waals surface area contributed by atoms with Gasteiger partial charge < -0.3 is 9.84 Å². The molecule has 0 bridgehead atoms. The fourth-order valence-electron chi connectivity index (χ4n) is 1.95. The van der Waals surface area contributed by atoms with E-state index in [0.717, 1.165) is 18.6 Å². The second kappa shape index (κ2) is 7.42. The number of rotatable bonds is 8. The Hall–Kier alpha value is -2.37. The van der Waals surface area contributed by atoms with E-state index in [1.54, 1.807) is 4.68 Å². The lowest BCUT2D eigenvalue weighted by atomic mass is 10.2. The SMILES string of the molecule is Cc1ccc(OCCCCn2nncc2CC(=O)O)cc1. The Balaban J connectivity index is 1.69. The number of carboxylic acid groups (broad SMARTS) is 1. The number of ether oxygens (including phenoxy) is 1. The first-order chi connectivity index (χ1) is 10.1. The number of nitrogens with zero attached hydrogens (tertiary/aromatic N) is 3. The van der Waals surface area contributed by atoms with E-state index < -0.39 is 5.97 Å². The number of aliphatic carboxylic acids is 1. The molecular weight excluding hydrogens is 270 g/mol. The zero-order valence-electron chi connectivity index (χ0n) is 12.0. The van der Waals surface area contributed by atoms with Gasteiger partial charge in [-0.15, -0.1) is 5.10 Å². The predicted molar refractivity (Wildman–Crippen MR) is 77.3 cm³/mol. The Kier molecular flexibility index (Phi) is 5.31. The molecular formula is C15H19N3O3. The van der Waals surface area contributed by atoms with Crippen LogP contribution in [0.25, 0.3) is 0 Å². The van der Waals surface area contributed by atoms with Gasteiger partial charge in [0.2, 0.25) is 0 Å². The van der Waals surface area contributed by atoms with Crippen molar-refractivity contribution >= 4 is 5.97 Å². The van der Waals surface area contributed by atoms with Crippen LogP contribution in [0.1, 0.15) is 24.1 Å². The highest BCUT2D eigenvalue weighted by atomic mass is 16.5. The number of aromatic nitrogens is 3. The lowest BCUT2D eigenvalue weighted by Crippen LogP contribution is -2.10. The quantitative estimate of drug-likeness (QED) is 0.753. The zero-order valence-corrected chi connectivity index (χ0v) is 12.0. The van der Waals surface area contributed by atoms with Crippen LogP contribution in [0.3, 0.4) is 0 Å². The summed E-state index contributed by atoms with van der Waals surface area (Å²) in [6.45, 7) is 3.32. The lowest BCUT2D eigenvalue weighted by Gasteiger charge is -2.07. The van der Waals surface area contributed by atoms with E-state index in [4.69, 9.17) is 9.84 Å². The molecule has 21 heavy (non-hydrogen) atoms. The molecule has 6 nitrogen and oxygen atoms in total. The maximum absolute atomic E-state index is 10.7. The van der Waals surface area contributed by atoms with Gasteiger partial charge in [-0.25, -0.2) is 4.68 Å². The summed E-state index contributed by atoms with van der Waals surface area (Å²) in [7, 11) is 0. The summed E-state index contributed by atoms with van der Waals surface area (Å²) < 4.78 is 7.27. The lowest BCUT2D eigenvalue weighted by molar-refractivity contribution is -0.136. The van der Waals surface area contributed by atoms with Crippen molar-refractivity contribution in [2.24, 2.45) is 0 Å². The Morgan fingerprint density at radius 2 is 2.05 bits per heavy atom. The average molecular weight is 289 g/mol. The van der Waals surface area contributed by atoms with Crippen LogP contribution in [0.15, 0.2) is 30.5 Å². The molecule has 0 radical (unpaired) electrons. The molecule has 0 amide bonds. The summed E-state index contributed by atoms with van der Waals surface area (Å²) in [5.74, 6) is -0.00539. The van der Waals surface area contributed by atoms with E-state index in [-0.39, 0.29) is 6.42 Å². The van der Waals surface area contributed by atoms with Crippen LogP contribution in [0.2, 0.25) is 0 Å². The minimum Gasteiger partial charge on any atom is -0.494 e. The number of carbonyl (C=O) groups is 1. The molecule has 1 aromatic carbocycles. The summed E-state index contributed by atoms with van der Waals surface area (Å²) in [4.78, 5) is 10.7. The van der Waals surface area contributed by atoms with Crippen molar-refractivity contribution in [3.05, 3.63) is 41.7 Å². The summed E-state index contributed by atoms with van der Waals surface area (Å²) in [5, 5.41) is 16.4. The molecule has 1 aromatic heterocycles. The highest BCUT2D eigenvalue weighted by Crippen LogP contribution is 2.12. The molecule has 0 aliphatic rings. The molecule has 0 aliphatic carbocycles. The number of unbranched alkanes of at least 4 members (excludes halogenated alkanes) is 1. The van der Waals surface area contributed by atoms with E-state index in [1.807, 2.05) is 31.2 Å². The molecule has 2 aromatic rings. The van der Waals surface area contributed by atoms with Gasteiger partial charge in [-0.3, -0.25) is 4.79 Å². The summed E-state index contributed by atoms with van der Waals surface area (Å²) in [6.07, 6.45) is 3.19. The van der Waals surface area contributed by atoms with Crippen molar-refractivity contribution in [3.63, 3.8) is 0 Å². The minimum atomic E-state index is -0.874. The standard InChI is InChI=1S/C15H19N3O3/c1-12-4-6-14(7-5-12)21-9-3-2-8-18-13(10-15(19)20)11-16-17-18/h4-7,11H,2-3,8-10H2,1H3,(H,19,20). The largest absolute Gasteiger partial charge is 0.494 e. The number of carboxylic acids is 1. The third kappa shape index (κ3) is 4.91. The number of benzene rings is 1. The van der Waals surface area contributed by atoms with Crippen LogP contribution in [-0.4, -0.2) is 32.7 Å². The van der Waals surface area contributed by atoms with Gasteiger partial charge in [0.05, 0.1) is 24.9 Å². The van der Waals surface area contributed by atoms with E-state index in [1.165, 1.54) is 11.8 Å². The van der Waals surface area contributed by atoms with E-state index >= 15 is 0 Å². The Morgan fingerprint density at radius 1 is 1.29 bits per heavy atom. The molecule has 0 saturated heterocycles. The van der Waals surface area contributed by atoms with E-state index in [9.17, 15) is 4.79 Å². The van der Waals surface area contributed by atoms with Crippen LogP contribution in [-0.2, 0) is 17.8 Å². The minimum absolute atomic E-state index is 0.0487. The zero-order chi connectivity index (χ0) is 15.1. The molecule has 0 saturated carbocycles. The van der Waals surface area contributed by atoms with Gasteiger partial charge in [0, 0.05) is 6.54 Å². The monoisotopic (exact) mass is 289 g/mol. The predicted octanol–water partition coefficient (Wildman–Crippen LogP) is 2.07. The molecule has 112 valence electrons. The Labute approximate surface area is 123 Å². The van der Waals surface area contributed by atoms with Crippen molar-refractivity contribution in [1.82, 2.24) is 15.0 Å². The molecule has 1 N–H and O–H groups in total. The van der Waals surface area contributed by atoms with Gasteiger partial charge in [0.1, 0.15) is 5.75 Å². The number of hydrogen-bond acceptors (Lipinski definition) is 4. The van der Waals surface area contributed by atoms with Gasteiger partial charge in [0.25, 0.3) is 0 Å². The van der Waals surface area contributed by atoms with Crippen LogP contribution >= 0.6 is 0 Å². The molecule has 0 spiro atoms. The highest BCUT2D eigenvalue weighted by molar-refractivity contribution is 5.69. The number of hydrogen-bond donors (Lipinski definition) is 1. The van der Waals surface area contributed by atoms with Gasteiger partial charge in [-0.1, -0.05) is 22.9 Å². The first-order valence-electron chi connectivity index (χ1n) is 6.94. The van der Waals surface area contributed by atoms with Crippen molar-refractivity contribution in [3.8, 4) is 5.75 Å². The fraction of sp³-hybridized carbons (Fsp3) is 0.400. The smallest absolute Gasteiger partial charge is 0.309 e. The summed E-state index contributed by atoms with van der Waals surface area (Å²) in [6, 6.07) is 7.95. The maximum Gasteiger partial charge on any atom is 0.309 e. The maximum atomic E-state index is 10.7. The van der Waals surface area contributed by atoms with Gasteiger partial charge in [-0.2, -0.15) is 0 Å². The first-order valence-corrected chi connectivity index (χ1v) is 6.94. The average Bonchev–Trinajstić information content (AvgIpc) is 2.87. The highest BCUT2D eigenvalue weighted by Gasteiger charge is 2.07. The van der Waals surface area contributed by atoms with Crippen molar-refractivity contribution in [1.29, 1.82) is 0 Å². The van der Waals surface area contributed by atoms with Gasteiger partial charge in [-0.05, 0) is 31.9 Å². The van der Waals surface area contributed by atoms with Crippen LogP contribution in [0, 0.1) is 6.92 Å². The summed E-state index contributed by atoms with van der Waals surface area (Å²) in [5.41, 5.74) is 1.83.